The third-order valence-corrected chi connectivity index (χ3v) is 3.52. The standard InChI is InChI=1S/C11H19ClN2O/c1-7(2)11(4,15)6-9-8(3)13-14(5)10(9)12/h7,15H,6H2,1-5H3. The number of aryl methyl sites for hydroxylation is 2. The second-order valence-electron chi connectivity index (χ2n) is 4.67. The van der Waals surface area contributed by atoms with Gasteiger partial charge in [-0.25, -0.2) is 0 Å². The zero-order valence-corrected chi connectivity index (χ0v) is 10.8. The predicted octanol–water partition coefficient (Wildman–Crippen LogP) is 2.33. The molecule has 0 saturated carbocycles. The van der Waals surface area contributed by atoms with E-state index in [-0.39, 0.29) is 5.92 Å². The second kappa shape index (κ2) is 4.14. The van der Waals surface area contributed by atoms with E-state index >= 15 is 0 Å². The van der Waals surface area contributed by atoms with Crippen LogP contribution in [-0.4, -0.2) is 20.5 Å². The monoisotopic (exact) mass is 230 g/mol. The van der Waals surface area contributed by atoms with Gasteiger partial charge in [0, 0.05) is 19.0 Å². The van der Waals surface area contributed by atoms with Crippen molar-refractivity contribution in [3.63, 3.8) is 0 Å². The Kier molecular flexibility index (Phi) is 3.46. The molecule has 0 saturated heterocycles. The summed E-state index contributed by atoms with van der Waals surface area (Å²) < 4.78 is 1.64. The van der Waals surface area contributed by atoms with Crippen LogP contribution in [-0.2, 0) is 13.5 Å². The molecule has 0 aliphatic rings. The van der Waals surface area contributed by atoms with Gasteiger partial charge in [0.2, 0.25) is 0 Å². The van der Waals surface area contributed by atoms with E-state index in [0.717, 1.165) is 11.3 Å². The Morgan fingerprint density at radius 1 is 1.53 bits per heavy atom. The molecule has 0 amide bonds. The molecule has 0 radical (unpaired) electrons. The Morgan fingerprint density at radius 3 is 2.40 bits per heavy atom. The van der Waals surface area contributed by atoms with Crippen molar-refractivity contribution in [2.75, 3.05) is 0 Å². The van der Waals surface area contributed by atoms with Gasteiger partial charge in [-0.3, -0.25) is 4.68 Å². The second-order valence-corrected chi connectivity index (χ2v) is 5.03. The number of hydrogen-bond acceptors (Lipinski definition) is 2. The minimum absolute atomic E-state index is 0.188. The summed E-state index contributed by atoms with van der Waals surface area (Å²) >= 11 is 6.11. The first-order valence-electron chi connectivity index (χ1n) is 5.16. The number of rotatable bonds is 3. The van der Waals surface area contributed by atoms with Crippen molar-refractivity contribution in [1.82, 2.24) is 9.78 Å². The highest BCUT2D eigenvalue weighted by Crippen LogP contribution is 2.27. The zero-order valence-electron chi connectivity index (χ0n) is 10.0. The van der Waals surface area contributed by atoms with Crippen LogP contribution < -0.4 is 0 Å². The third-order valence-electron chi connectivity index (χ3n) is 3.05. The largest absolute Gasteiger partial charge is 0.390 e. The number of aromatic nitrogens is 2. The molecule has 0 aromatic carbocycles. The summed E-state index contributed by atoms with van der Waals surface area (Å²) in [5, 5.41) is 15.1. The van der Waals surface area contributed by atoms with Gasteiger partial charge in [-0.1, -0.05) is 25.4 Å². The summed E-state index contributed by atoms with van der Waals surface area (Å²) in [6.45, 7) is 7.75. The maximum absolute atomic E-state index is 10.2. The van der Waals surface area contributed by atoms with Gasteiger partial charge in [-0.15, -0.1) is 0 Å². The van der Waals surface area contributed by atoms with Crippen LogP contribution in [0.25, 0.3) is 0 Å². The Morgan fingerprint density at radius 2 is 2.07 bits per heavy atom. The smallest absolute Gasteiger partial charge is 0.130 e. The molecular weight excluding hydrogens is 212 g/mol. The third kappa shape index (κ3) is 2.52. The molecule has 0 fully saturated rings. The van der Waals surface area contributed by atoms with Crippen LogP contribution in [0.2, 0.25) is 5.15 Å². The lowest BCUT2D eigenvalue weighted by atomic mass is 9.86. The average molecular weight is 231 g/mol. The molecule has 0 bridgehead atoms. The summed E-state index contributed by atoms with van der Waals surface area (Å²) in [7, 11) is 1.81. The SMILES string of the molecule is Cc1nn(C)c(Cl)c1CC(C)(O)C(C)C. The number of nitrogens with zero attached hydrogens (tertiary/aromatic N) is 2. The van der Waals surface area contributed by atoms with Crippen LogP contribution >= 0.6 is 11.6 Å². The van der Waals surface area contributed by atoms with Gasteiger partial charge in [-0.2, -0.15) is 5.10 Å². The molecule has 1 unspecified atom stereocenters. The van der Waals surface area contributed by atoms with E-state index in [1.165, 1.54) is 0 Å². The predicted molar refractivity (Wildman–Crippen MR) is 62.1 cm³/mol. The highest BCUT2D eigenvalue weighted by molar-refractivity contribution is 6.30. The minimum Gasteiger partial charge on any atom is -0.390 e. The molecule has 1 atom stereocenters. The molecular formula is C11H19ClN2O. The Labute approximate surface area is 96.1 Å². The van der Waals surface area contributed by atoms with Gasteiger partial charge in [0.15, 0.2) is 0 Å². The van der Waals surface area contributed by atoms with Crippen molar-refractivity contribution in [2.45, 2.75) is 39.7 Å². The van der Waals surface area contributed by atoms with Gasteiger partial charge in [0.1, 0.15) is 5.15 Å². The summed E-state index contributed by atoms with van der Waals surface area (Å²) in [6, 6.07) is 0. The topological polar surface area (TPSA) is 38.0 Å². The quantitative estimate of drug-likeness (QED) is 0.866. The maximum Gasteiger partial charge on any atom is 0.130 e. The summed E-state index contributed by atoms with van der Waals surface area (Å²) in [5.41, 5.74) is 1.10. The summed E-state index contributed by atoms with van der Waals surface area (Å²) in [5.74, 6) is 0.188. The molecule has 0 aliphatic heterocycles. The van der Waals surface area contributed by atoms with E-state index in [4.69, 9.17) is 11.6 Å². The lowest BCUT2D eigenvalue weighted by molar-refractivity contribution is 0.0138. The highest BCUT2D eigenvalue weighted by atomic mass is 35.5. The van der Waals surface area contributed by atoms with Crippen molar-refractivity contribution in [3.8, 4) is 0 Å². The molecule has 1 aromatic rings. The fourth-order valence-electron chi connectivity index (χ4n) is 1.44. The van der Waals surface area contributed by atoms with E-state index in [9.17, 15) is 5.11 Å². The lowest BCUT2D eigenvalue weighted by Gasteiger charge is -2.27. The summed E-state index contributed by atoms with van der Waals surface area (Å²) in [6.07, 6.45) is 0.545. The van der Waals surface area contributed by atoms with Gasteiger partial charge >= 0.3 is 0 Å². The molecule has 0 aliphatic carbocycles. The van der Waals surface area contributed by atoms with E-state index in [1.807, 2.05) is 34.7 Å². The normalized spacial score (nSPS) is 15.7. The van der Waals surface area contributed by atoms with Crippen LogP contribution in [0.3, 0.4) is 0 Å². The highest BCUT2D eigenvalue weighted by Gasteiger charge is 2.28. The first-order valence-corrected chi connectivity index (χ1v) is 5.54. The molecule has 0 spiro atoms. The van der Waals surface area contributed by atoms with Crippen molar-refractivity contribution in [1.29, 1.82) is 0 Å². The van der Waals surface area contributed by atoms with Gasteiger partial charge in [0.05, 0.1) is 11.3 Å². The van der Waals surface area contributed by atoms with Crippen LogP contribution in [0.15, 0.2) is 0 Å². The molecule has 1 heterocycles. The van der Waals surface area contributed by atoms with Crippen LogP contribution in [0, 0.1) is 12.8 Å². The fraction of sp³-hybridized carbons (Fsp3) is 0.727. The van der Waals surface area contributed by atoms with E-state index < -0.39 is 5.60 Å². The number of halogens is 1. The number of aliphatic hydroxyl groups is 1. The van der Waals surface area contributed by atoms with Crippen LogP contribution in [0.1, 0.15) is 32.0 Å². The Balaban J connectivity index is 2.99. The molecule has 86 valence electrons. The maximum atomic E-state index is 10.2. The van der Waals surface area contributed by atoms with E-state index in [2.05, 4.69) is 5.10 Å². The van der Waals surface area contributed by atoms with Crippen molar-refractivity contribution < 1.29 is 5.11 Å². The zero-order chi connectivity index (χ0) is 11.8. The first kappa shape index (κ1) is 12.5. The molecule has 1 rings (SSSR count). The Bertz CT molecular complexity index is 356. The van der Waals surface area contributed by atoms with Crippen LogP contribution in [0.4, 0.5) is 0 Å². The fourth-order valence-corrected chi connectivity index (χ4v) is 1.68. The van der Waals surface area contributed by atoms with Gasteiger partial charge in [0.25, 0.3) is 0 Å². The molecule has 4 heteroatoms. The molecule has 1 N–H and O–H groups in total. The van der Waals surface area contributed by atoms with E-state index in [0.29, 0.717) is 11.6 Å². The lowest BCUT2D eigenvalue weighted by Crippen LogP contribution is -2.33. The Hall–Kier alpha value is -0.540. The average Bonchev–Trinajstić information content (AvgIpc) is 2.32. The van der Waals surface area contributed by atoms with Gasteiger partial charge in [-0.05, 0) is 19.8 Å². The number of hydrogen-bond donors (Lipinski definition) is 1. The first-order chi connectivity index (χ1) is 6.75. The van der Waals surface area contributed by atoms with Crippen molar-refractivity contribution >= 4 is 11.6 Å². The van der Waals surface area contributed by atoms with Gasteiger partial charge < -0.3 is 5.11 Å². The van der Waals surface area contributed by atoms with Crippen LogP contribution in [0.5, 0.6) is 0 Å². The summed E-state index contributed by atoms with van der Waals surface area (Å²) in [4.78, 5) is 0. The minimum atomic E-state index is -0.739. The van der Waals surface area contributed by atoms with E-state index in [1.54, 1.807) is 4.68 Å². The molecule has 15 heavy (non-hydrogen) atoms. The molecule has 1 aromatic heterocycles. The van der Waals surface area contributed by atoms with Crippen molar-refractivity contribution in [2.24, 2.45) is 13.0 Å². The van der Waals surface area contributed by atoms with Crippen molar-refractivity contribution in [3.05, 3.63) is 16.4 Å². The molecule has 3 nitrogen and oxygen atoms in total.